The molecule has 2 aromatic carbocycles. The van der Waals surface area contributed by atoms with Crippen molar-refractivity contribution in [2.75, 3.05) is 20.8 Å². The normalized spacial score (nSPS) is 24.4. The number of fused-ring (bicyclic) bond motifs is 1. The summed E-state index contributed by atoms with van der Waals surface area (Å²) in [5.74, 6) is 1.90. The van der Waals surface area contributed by atoms with Gasteiger partial charge in [0, 0.05) is 24.6 Å². The van der Waals surface area contributed by atoms with E-state index in [1.807, 2.05) is 49.4 Å². The van der Waals surface area contributed by atoms with E-state index >= 15 is 0 Å². The van der Waals surface area contributed by atoms with Crippen molar-refractivity contribution in [3.8, 4) is 11.5 Å². The molecule has 1 aliphatic carbocycles. The Balaban J connectivity index is 1.58. The van der Waals surface area contributed by atoms with E-state index in [-0.39, 0.29) is 17.9 Å². The van der Waals surface area contributed by atoms with Gasteiger partial charge in [-0.25, -0.2) is 0 Å². The van der Waals surface area contributed by atoms with Crippen molar-refractivity contribution in [2.24, 2.45) is 5.92 Å². The van der Waals surface area contributed by atoms with E-state index in [1.54, 1.807) is 19.1 Å². The fraction of sp³-hybridized carbons (Fsp3) is 0.500. The molecule has 6 heteroatoms. The molecule has 4 rings (SSSR count). The molecule has 34 heavy (non-hydrogen) atoms. The van der Waals surface area contributed by atoms with E-state index in [0.717, 1.165) is 36.8 Å². The van der Waals surface area contributed by atoms with Gasteiger partial charge in [0.15, 0.2) is 11.5 Å². The maximum atomic E-state index is 13.7. The van der Waals surface area contributed by atoms with E-state index in [4.69, 9.17) is 9.47 Å². The molecule has 0 aromatic heterocycles. The smallest absolute Gasteiger partial charge is 0.255 e. The lowest BCUT2D eigenvalue weighted by Gasteiger charge is -2.45. The van der Waals surface area contributed by atoms with E-state index in [9.17, 15) is 9.59 Å². The molecule has 1 aliphatic heterocycles. The number of nitrogens with one attached hydrogen (secondary N) is 1. The van der Waals surface area contributed by atoms with Crippen LogP contribution in [0.1, 0.15) is 61.0 Å². The van der Waals surface area contributed by atoms with Crippen molar-refractivity contribution in [3.05, 3.63) is 59.2 Å². The molecule has 2 aromatic rings. The third kappa shape index (κ3) is 4.77. The van der Waals surface area contributed by atoms with Crippen molar-refractivity contribution in [2.45, 2.75) is 64.0 Å². The van der Waals surface area contributed by atoms with Gasteiger partial charge in [-0.3, -0.25) is 9.59 Å². The molecule has 2 amide bonds. The summed E-state index contributed by atoms with van der Waals surface area (Å²) in [4.78, 5) is 29.1. The van der Waals surface area contributed by atoms with Crippen LogP contribution in [0.25, 0.3) is 0 Å². The molecule has 0 spiro atoms. The lowest BCUT2D eigenvalue weighted by molar-refractivity contribution is -0.132. The van der Waals surface area contributed by atoms with Crippen LogP contribution in [0, 0.1) is 5.92 Å². The maximum absolute atomic E-state index is 13.7. The highest BCUT2D eigenvalue weighted by Crippen LogP contribution is 2.33. The van der Waals surface area contributed by atoms with Crippen molar-refractivity contribution in [3.63, 3.8) is 0 Å². The zero-order valence-corrected chi connectivity index (χ0v) is 20.7. The first-order valence-corrected chi connectivity index (χ1v) is 12.3. The maximum Gasteiger partial charge on any atom is 0.255 e. The fourth-order valence-electron chi connectivity index (χ4n) is 5.29. The van der Waals surface area contributed by atoms with E-state index in [1.165, 1.54) is 0 Å². The highest BCUT2D eigenvalue weighted by molar-refractivity contribution is 6.02. The number of ether oxygens (including phenoxy) is 2. The zero-order valence-electron chi connectivity index (χ0n) is 20.7. The number of methoxy groups -OCH3 is 2. The molecule has 182 valence electrons. The summed E-state index contributed by atoms with van der Waals surface area (Å²) in [6.07, 6.45) is 5.38. The van der Waals surface area contributed by atoms with Gasteiger partial charge in [-0.05, 0) is 74.3 Å². The van der Waals surface area contributed by atoms with Gasteiger partial charge in [-0.2, -0.15) is 0 Å². The molecule has 1 unspecified atom stereocenters. The van der Waals surface area contributed by atoms with Crippen LogP contribution in [-0.4, -0.2) is 49.1 Å². The Kier molecular flexibility index (Phi) is 7.15. The van der Waals surface area contributed by atoms with Crippen molar-refractivity contribution in [1.29, 1.82) is 0 Å². The van der Waals surface area contributed by atoms with Crippen LogP contribution in [0.15, 0.2) is 42.5 Å². The molecular weight excluding hydrogens is 428 g/mol. The molecule has 2 aliphatic rings. The molecule has 1 fully saturated rings. The van der Waals surface area contributed by atoms with Crippen LogP contribution < -0.4 is 14.8 Å². The van der Waals surface area contributed by atoms with Crippen LogP contribution in [0.2, 0.25) is 0 Å². The van der Waals surface area contributed by atoms with Gasteiger partial charge in [0.25, 0.3) is 5.91 Å². The summed E-state index contributed by atoms with van der Waals surface area (Å²) in [5, 5.41) is 3.29. The summed E-state index contributed by atoms with van der Waals surface area (Å²) in [7, 11) is 3.22. The number of carbonyl (C=O) groups excluding carboxylic acids is 2. The molecular formula is C28H36N2O4. The Hall–Kier alpha value is -3.02. The molecule has 0 bridgehead atoms. The van der Waals surface area contributed by atoms with Crippen LogP contribution in [-0.2, 0) is 17.6 Å². The van der Waals surface area contributed by atoms with Gasteiger partial charge in [-0.1, -0.05) is 31.2 Å². The third-order valence-electron chi connectivity index (χ3n) is 7.54. The van der Waals surface area contributed by atoms with Gasteiger partial charge in [0.1, 0.15) is 5.54 Å². The second kappa shape index (κ2) is 10.1. The van der Waals surface area contributed by atoms with Gasteiger partial charge < -0.3 is 19.7 Å². The number of benzene rings is 2. The van der Waals surface area contributed by atoms with E-state index in [2.05, 4.69) is 12.2 Å². The molecule has 6 nitrogen and oxygen atoms in total. The van der Waals surface area contributed by atoms with Crippen molar-refractivity contribution < 1.29 is 19.1 Å². The highest BCUT2D eigenvalue weighted by atomic mass is 16.5. The minimum atomic E-state index is -0.939. The molecule has 1 saturated carbocycles. The quantitative estimate of drug-likeness (QED) is 0.660. The van der Waals surface area contributed by atoms with E-state index < -0.39 is 5.54 Å². The van der Waals surface area contributed by atoms with E-state index in [0.29, 0.717) is 42.4 Å². The van der Waals surface area contributed by atoms with Crippen molar-refractivity contribution >= 4 is 11.8 Å². The highest BCUT2D eigenvalue weighted by Gasteiger charge is 2.47. The number of amides is 2. The summed E-state index contributed by atoms with van der Waals surface area (Å²) in [5.41, 5.74) is 1.70. The average molecular weight is 465 g/mol. The number of hydrogen-bond acceptors (Lipinski definition) is 4. The van der Waals surface area contributed by atoms with Crippen molar-refractivity contribution in [1.82, 2.24) is 10.2 Å². The van der Waals surface area contributed by atoms with Crippen LogP contribution >= 0.6 is 0 Å². The predicted octanol–water partition coefficient (Wildman–Crippen LogP) is 4.40. The summed E-state index contributed by atoms with van der Waals surface area (Å²) < 4.78 is 10.8. The Morgan fingerprint density at radius 3 is 2.47 bits per heavy atom. The molecule has 0 radical (unpaired) electrons. The third-order valence-corrected chi connectivity index (χ3v) is 7.54. The number of hydrogen-bond donors (Lipinski definition) is 1. The average Bonchev–Trinajstić information content (AvgIpc) is 2.85. The fourth-order valence-corrected chi connectivity index (χ4v) is 5.29. The number of nitrogens with zero attached hydrogens (tertiary/aromatic N) is 1. The Bertz CT molecular complexity index is 1040. The summed E-state index contributed by atoms with van der Waals surface area (Å²) >= 11 is 0. The van der Waals surface area contributed by atoms with Crippen LogP contribution in [0.4, 0.5) is 0 Å². The molecule has 0 saturated heterocycles. The van der Waals surface area contributed by atoms with Crippen LogP contribution in [0.3, 0.4) is 0 Å². The summed E-state index contributed by atoms with van der Waals surface area (Å²) in [6, 6.07) is 13.6. The standard InChI is InChI=1S/C28H36N2O4/c1-19-9-12-22(13-10-19)29-27(32)28(2)18-21-7-5-6-8-23(21)26(31)30(28)16-15-20-11-14-24(33-3)25(17-20)34-4/h5-8,11,14,17,19,22H,9-10,12-13,15-16,18H2,1-4H3,(H,29,32). The van der Waals surface area contributed by atoms with Gasteiger partial charge in [0.2, 0.25) is 5.91 Å². The minimum Gasteiger partial charge on any atom is -0.493 e. The lowest BCUT2D eigenvalue weighted by atomic mass is 9.81. The topological polar surface area (TPSA) is 67.9 Å². The van der Waals surface area contributed by atoms with Crippen LogP contribution in [0.5, 0.6) is 11.5 Å². The first kappa shape index (κ1) is 24.1. The largest absolute Gasteiger partial charge is 0.493 e. The second-order valence-electron chi connectivity index (χ2n) is 9.93. The Morgan fingerprint density at radius 1 is 1.06 bits per heavy atom. The van der Waals surface area contributed by atoms with Gasteiger partial charge in [0.05, 0.1) is 14.2 Å². The Labute approximate surface area is 202 Å². The molecule has 1 N–H and O–H groups in total. The minimum absolute atomic E-state index is 0.0535. The number of carbonyl (C=O) groups is 2. The zero-order chi connectivity index (χ0) is 24.3. The first-order chi connectivity index (χ1) is 16.4. The Morgan fingerprint density at radius 2 is 1.76 bits per heavy atom. The second-order valence-corrected chi connectivity index (χ2v) is 9.93. The van der Waals surface area contributed by atoms with Gasteiger partial charge >= 0.3 is 0 Å². The lowest BCUT2D eigenvalue weighted by Crippen LogP contribution is -2.64. The first-order valence-electron chi connectivity index (χ1n) is 12.3. The molecule has 1 heterocycles. The number of rotatable bonds is 7. The molecule has 1 atom stereocenters. The monoisotopic (exact) mass is 464 g/mol. The van der Waals surface area contributed by atoms with Gasteiger partial charge in [-0.15, -0.1) is 0 Å². The summed E-state index contributed by atoms with van der Waals surface area (Å²) in [6.45, 7) is 4.62. The SMILES string of the molecule is COc1ccc(CCN2C(=O)c3ccccc3CC2(C)C(=O)NC2CCC(C)CC2)cc1OC. The predicted molar refractivity (Wildman–Crippen MR) is 132 cm³/mol.